The van der Waals surface area contributed by atoms with Crippen LogP contribution < -0.4 is 0 Å². The van der Waals surface area contributed by atoms with Crippen LogP contribution in [0.3, 0.4) is 0 Å². The highest BCUT2D eigenvalue weighted by atomic mass is 16.5. The van der Waals surface area contributed by atoms with E-state index in [1.54, 1.807) is 6.08 Å². The molecule has 3 heteroatoms. The Morgan fingerprint density at radius 3 is 2.50 bits per heavy atom. The van der Waals surface area contributed by atoms with Gasteiger partial charge < -0.3 is 9.47 Å². The van der Waals surface area contributed by atoms with Crippen LogP contribution in [0.2, 0.25) is 0 Å². The number of nitrogens with one attached hydrogen (secondary N) is 1. The highest BCUT2D eigenvalue weighted by Crippen LogP contribution is 2.12. The third-order valence-corrected chi connectivity index (χ3v) is 2.29. The van der Waals surface area contributed by atoms with Crippen LogP contribution in [0.1, 0.15) is 39.0 Å². The fraction of sp³-hybridized carbons (Fsp3) is 0.615. The molecule has 0 unspecified atom stereocenters. The van der Waals surface area contributed by atoms with Gasteiger partial charge in [-0.3, -0.25) is 5.41 Å². The molecule has 0 aliphatic rings. The van der Waals surface area contributed by atoms with Crippen molar-refractivity contribution < 1.29 is 9.47 Å². The van der Waals surface area contributed by atoms with E-state index in [0.29, 0.717) is 12.3 Å². The average molecular weight is 225 g/mol. The topological polar surface area (TPSA) is 42.3 Å². The summed E-state index contributed by atoms with van der Waals surface area (Å²) < 4.78 is 10.2. The van der Waals surface area contributed by atoms with Gasteiger partial charge in [0.05, 0.1) is 12.9 Å². The number of hydrogen-bond donors (Lipinski definition) is 1. The molecule has 0 heterocycles. The van der Waals surface area contributed by atoms with Crippen molar-refractivity contribution in [2.45, 2.75) is 45.1 Å². The minimum absolute atomic E-state index is 0.0363. The minimum atomic E-state index is 0.0363. The Balaban J connectivity index is 3.41. The average Bonchev–Trinajstić information content (AvgIpc) is 2.27. The molecule has 0 aliphatic heterocycles. The van der Waals surface area contributed by atoms with E-state index in [1.807, 2.05) is 6.92 Å². The van der Waals surface area contributed by atoms with E-state index in [4.69, 9.17) is 14.9 Å². The third kappa shape index (κ3) is 8.09. The first kappa shape index (κ1) is 14.8. The number of unbranched alkanes of at least 4 members (excludes halogenated alkanes) is 2. The second kappa shape index (κ2) is 9.01. The summed E-state index contributed by atoms with van der Waals surface area (Å²) in [5, 5.41) is 7.30. The molecule has 0 spiro atoms. The van der Waals surface area contributed by atoms with Gasteiger partial charge in [0.25, 0.3) is 0 Å². The van der Waals surface area contributed by atoms with Crippen LogP contribution in [0.4, 0.5) is 0 Å². The van der Waals surface area contributed by atoms with Crippen molar-refractivity contribution in [2.75, 3.05) is 7.11 Å². The quantitative estimate of drug-likeness (QED) is 0.214. The van der Waals surface area contributed by atoms with Crippen LogP contribution in [0.5, 0.6) is 0 Å². The van der Waals surface area contributed by atoms with Gasteiger partial charge in [0.1, 0.15) is 6.10 Å². The first-order chi connectivity index (χ1) is 7.60. The molecular formula is C13H23NO2. The molecule has 3 nitrogen and oxygen atoms in total. The summed E-state index contributed by atoms with van der Waals surface area (Å²) in [5.74, 6) is 1.17. The molecule has 0 saturated carbocycles. The molecule has 0 aromatic heterocycles. The predicted molar refractivity (Wildman–Crippen MR) is 67.7 cm³/mol. The van der Waals surface area contributed by atoms with Crippen molar-refractivity contribution in [1.82, 2.24) is 0 Å². The molecule has 92 valence electrons. The van der Waals surface area contributed by atoms with Crippen molar-refractivity contribution in [2.24, 2.45) is 0 Å². The second-order valence-corrected chi connectivity index (χ2v) is 3.79. The summed E-state index contributed by atoms with van der Waals surface area (Å²) in [5.41, 5.74) is 0. The normalized spacial score (nSPS) is 11.6. The standard InChI is InChI=1S/C13H23NO2/c1-5-11(2)16-12(3)9-7-6-8-10-13(14)15-4/h5,11,14H,1,3,6-10H2,2,4H3/t11-/m1/s1. The Bertz CT molecular complexity index is 236. The van der Waals surface area contributed by atoms with E-state index in [0.717, 1.165) is 31.4 Å². The van der Waals surface area contributed by atoms with Crippen molar-refractivity contribution in [3.63, 3.8) is 0 Å². The summed E-state index contributed by atoms with van der Waals surface area (Å²) in [6.07, 6.45) is 6.47. The SMILES string of the molecule is C=C[C@@H](C)OC(=C)CCCCCC(=N)OC. The summed E-state index contributed by atoms with van der Waals surface area (Å²) in [6.45, 7) is 9.45. The van der Waals surface area contributed by atoms with E-state index in [-0.39, 0.29) is 6.10 Å². The molecule has 16 heavy (non-hydrogen) atoms. The van der Waals surface area contributed by atoms with Crippen LogP contribution in [0.25, 0.3) is 0 Å². The molecule has 1 N–H and O–H groups in total. The van der Waals surface area contributed by atoms with Crippen LogP contribution >= 0.6 is 0 Å². The van der Waals surface area contributed by atoms with Crippen molar-refractivity contribution in [3.8, 4) is 0 Å². The van der Waals surface area contributed by atoms with Gasteiger partial charge in [-0.2, -0.15) is 0 Å². The summed E-state index contributed by atoms with van der Waals surface area (Å²) in [6, 6.07) is 0. The lowest BCUT2D eigenvalue weighted by atomic mass is 10.1. The van der Waals surface area contributed by atoms with Crippen LogP contribution in [-0.2, 0) is 9.47 Å². The molecular weight excluding hydrogens is 202 g/mol. The first-order valence-corrected chi connectivity index (χ1v) is 5.68. The molecule has 0 bridgehead atoms. The minimum Gasteiger partial charge on any atom is -0.492 e. The third-order valence-electron chi connectivity index (χ3n) is 2.29. The molecule has 0 amide bonds. The lowest BCUT2D eigenvalue weighted by Crippen LogP contribution is -2.03. The fourth-order valence-electron chi connectivity index (χ4n) is 1.26. The van der Waals surface area contributed by atoms with E-state index in [2.05, 4.69) is 13.2 Å². The predicted octanol–water partition coefficient (Wildman–Crippen LogP) is 3.67. The van der Waals surface area contributed by atoms with Gasteiger partial charge in [-0.25, -0.2) is 0 Å². The van der Waals surface area contributed by atoms with E-state index in [1.165, 1.54) is 7.11 Å². The lowest BCUT2D eigenvalue weighted by Gasteiger charge is -2.12. The van der Waals surface area contributed by atoms with Crippen LogP contribution in [-0.4, -0.2) is 19.1 Å². The Hall–Kier alpha value is -1.25. The first-order valence-electron chi connectivity index (χ1n) is 5.68. The highest BCUT2D eigenvalue weighted by Gasteiger charge is 2.01. The van der Waals surface area contributed by atoms with Gasteiger partial charge in [-0.05, 0) is 19.8 Å². The molecule has 0 saturated heterocycles. The molecule has 0 aromatic carbocycles. The van der Waals surface area contributed by atoms with Gasteiger partial charge in [0.2, 0.25) is 0 Å². The van der Waals surface area contributed by atoms with E-state index >= 15 is 0 Å². The summed E-state index contributed by atoms with van der Waals surface area (Å²) in [7, 11) is 1.54. The smallest absolute Gasteiger partial charge is 0.180 e. The molecule has 0 aromatic rings. The van der Waals surface area contributed by atoms with Crippen LogP contribution in [0.15, 0.2) is 25.0 Å². The number of allylic oxidation sites excluding steroid dienone is 1. The molecule has 0 fully saturated rings. The van der Waals surface area contributed by atoms with E-state index in [9.17, 15) is 0 Å². The van der Waals surface area contributed by atoms with Gasteiger partial charge >= 0.3 is 0 Å². The monoisotopic (exact) mass is 225 g/mol. The van der Waals surface area contributed by atoms with Gasteiger partial charge in [-0.1, -0.05) is 25.7 Å². The molecule has 1 atom stereocenters. The number of hydrogen-bond acceptors (Lipinski definition) is 3. The second-order valence-electron chi connectivity index (χ2n) is 3.79. The number of rotatable bonds is 9. The molecule has 0 radical (unpaired) electrons. The zero-order valence-corrected chi connectivity index (χ0v) is 10.4. The Labute approximate surface area is 98.7 Å². The molecule has 0 aliphatic carbocycles. The van der Waals surface area contributed by atoms with Crippen LogP contribution in [0, 0.1) is 5.41 Å². The van der Waals surface area contributed by atoms with Crippen molar-refractivity contribution in [1.29, 1.82) is 5.41 Å². The van der Waals surface area contributed by atoms with Gasteiger partial charge in [0, 0.05) is 12.8 Å². The van der Waals surface area contributed by atoms with Gasteiger partial charge in [-0.15, -0.1) is 0 Å². The molecule has 0 rings (SSSR count). The maximum atomic E-state index is 7.30. The van der Waals surface area contributed by atoms with Crippen molar-refractivity contribution >= 4 is 5.90 Å². The number of ether oxygens (including phenoxy) is 2. The lowest BCUT2D eigenvalue weighted by molar-refractivity contribution is 0.161. The Kier molecular flexibility index (Phi) is 8.31. The van der Waals surface area contributed by atoms with Gasteiger partial charge in [0.15, 0.2) is 5.90 Å². The summed E-state index contributed by atoms with van der Waals surface area (Å²) in [4.78, 5) is 0. The maximum Gasteiger partial charge on any atom is 0.180 e. The number of methoxy groups -OCH3 is 1. The zero-order valence-electron chi connectivity index (χ0n) is 10.4. The Morgan fingerprint density at radius 2 is 1.94 bits per heavy atom. The summed E-state index contributed by atoms with van der Waals surface area (Å²) >= 11 is 0. The fourth-order valence-corrected chi connectivity index (χ4v) is 1.26. The highest BCUT2D eigenvalue weighted by molar-refractivity contribution is 5.72. The Morgan fingerprint density at radius 1 is 1.31 bits per heavy atom. The maximum absolute atomic E-state index is 7.30. The largest absolute Gasteiger partial charge is 0.492 e. The van der Waals surface area contributed by atoms with Crippen molar-refractivity contribution in [3.05, 3.63) is 25.0 Å². The zero-order chi connectivity index (χ0) is 12.4. The van der Waals surface area contributed by atoms with E-state index < -0.39 is 0 Å².